The van der Waals surface area contributed by atoms with Crippen molar-refractivity contribution in [2.24, 2.45) is 7.05 Å². The summed E-state index contributed by atoms with van der Waals surface area (Å²) in [7, 11) is 3.43. The molecule has 0 saturated carbocycles. The first-order valence-corrected chi connectivity index (χ1v) is 7.66. The molecule has 1 N–H and O–H groups in total. The second-order valence-electron chi connectivity index (χ2n) is 4.85. The summed E-state index contributed by atoms with van der Waals surface area (Å²) < 4.78 is 10.3. The number of aryl methyl sites for hydroxylation is 1. The van der Waals surface area contributed by atoms with Crippen molar-refractivity contribution >= 4 is 47.8 Å². The summed E-state index contributed by atoms with van der Waals surface area (Å²) in [6, 6.07) is 3.54. The van der Waals surface area contributed by atoms with Crippen LogP contribution in [0.3, 0.4) is 0 Å². The molecule has 126 valence electrons. The summed E-state index contributed by atoms with van der Waals surface area (Å²) in [5.74, 6) is 0.432. The minimum Gasteiger partial charge on any atom is -0.479 e. The van der Waals surface area contributed by atoms with E-state index in [1.165, 1.54) is 18.9 Å². The molecule has 0 bridgehead atoms. The van der Waals surface area contributed by atoms with Crippen LogP contribution in [0.1, 0.15) is 17.4 Å². The lowest BCUT2D eigenvalue weighted by atomic mass is 10.3. The Kier molecular flexibility index (Phi) is 5.68. The molecule has 3 rings (SSSR count). The largest absolute Gasteiger partial charge is 0.479 e. The number of hydrogen-bond donors (Lipinski definition) is 1. The smallest absolute Gasteiger partial charge is 0.240 e. The molecular formula is C15H17N5O2S2. The van der Waals surface area contributed by atoms with Gasteiger partial charge in [-0.15, -0.1) is 0 Å². The van der Waals surface area contributed by atoms with Gasteiger partial charge in [-0.25, -0.2) is 4.98 Å². The molecule has 0 unspecified atom stereocenters. The number of carbonyl (C=O) groups excluding carboxylic acids is 1. The number of hydrogen-bond acceptors (Lipinski definition) is 7. The van der Waals surface area contributed by atoms with Crippen LogP contribution in [0, 0.1) is 0 Å². The number of aromatic nitrogens is 4. The Morgan fingerprint density at radius 3 is 2.67 bits per heavy atom. The summed E-state index contributed by atoms with van der Waals surface area (Å²) in [5.41, 5.74) is 2.09. The van der Waals surface area contributed by atoms with Crippen LogP contribution in [0.5, 0.6) is 5.88 Å². The summed E-state index contributed by atoms with van der Waals surface area (Å²) >= 11 is 1.37. The van der Waals surface area contributed by atoms with Crippen LogP contribution in [0.4, 0.5) is 5.69 Å². The molecule has 9 heteroatoms. The summed E-state index contributed by atoms with van der Waals surface area (Å²) in [6.45, 7) is 1.49. The van der Waals surface area contributed by atoms with Gasteiger partial charge in [0.1, 0.15) is 11.4 Å². The van der Waals surface area contributed by atoms with E-state index in [-0.39, 0.29) is 19.3 Å². The van der Waals surface area contributed by atoms with Gasteiger partial charge in [-0.05, 0) is 24.1 Å². The summed E-state index contributed by atoms with van der Waals surface area (Å²) in [4.78, 5) is 20.5. The molecule has 7 nitrogen and oxygen atoms in total. The monoisotopic (exact) mass is 363 g/mol. The Bertz CT molecular complexity index is 864. The highest BCUT2D eigenvalue weighted by Gasteiger charge is 2.14. The maximum atomic E-state index is 11.3. The van der Waals surface area contributed by atoms with Gasteiger partial charge in [-0.3, -0.25) is 14.5 Å². The molecule has 0 aliphatic carbocycles. The number of ether oxygens (including phenoxy) is 1. The zero-order chi connectivity index (χ0) is 16.4. The van der Waals surface area contributed by atoms with E-state index in [1.807, 2.05) is 13.1 Å². The van der Waals surface area contributed by atoms with Crippen LogP contribution in [-0.4, -0.2) is 32.6 Å². The zero-order valence-corrected chi connectivity index (χ0v) is 15.2. The molecule has 0 saturated heterocycles. The predicted molar refractivity (Wildman–Crippen MR) is 99.2 cm³/mol. The Morgan fingerprint density at radius 1 is 1.25 bits per heavy atom. The number of pyridine rings is 2. The SMILES string of the molecule is COc1ncc2cnn(C)c2c1NSc1ccc(C(C)=O)nc1.S. The molecule has 3 aromatic heterocycles. The molecule has 0 amide bonds. The van der Waals surface area contributed by atoms with Gasteiger partial charge in [0.15, 0.2) is 5.78 Å². The third-order valence-electron chi connectivity index (χ3n) is 3.30. The van der Waals surface area contributed by atoms with Crippen molar-refractivity contribution in [3.8, 4) is 5.88 Å². The van der Waals surface area contributed by atoms with Crippen molar-refractivity contribution in [3.63, 3.8) is 0 Å². The standard InChI is InChI=1S/C15H15N5O2S.H2S/c1-9(21)12-5-4-11(8-16-12)23-19-13-14-10(7-18-20(14)2)6-17-15(13)22-3;/h4-8,19H,1-3H3;1H2. The first kappa shape index (κ1) is 18.1. The van der Waals surface area contributed by atoms with Gasteiger partial charge in [-0.2, -0.15) is 18.6 Å². The number of anilines is 1. The number of rotatable bonds is 5. The van der Waals surface area contributed by atoms with Crippen LogP contribution < -0.4 is 9.46 Å². The minimum atomic E-state index is -0.0555. The van der Waals surface area contributed by atoms with Crippen molar-refractivity contribution in [2.45, 2.75) is 11.8 Å². The second kappa shape index (κ2) is 7.54. The lowest BCUT2D eigenvalue weighted by Crippen LogP contribution is -2.00. The first-order valence-electron chi connectivity index (χ1n) is 6.84. The Labute approximate surface area is 150 Å². The average Bonchev–Trinajstić information content (AvgIpc) is 2.94. The third-order valence-corrected chi connectivity index (χ3v) is 4.08. The maximum Gasteiger partial charge on any atom is 0.240 e. The number of nitrogens with zero attached hydrogens (tertiary/aromatic N) is 4. The van der Waals surface area contributed by atoms with E-state index in [1.54, 1.807) is 36.4 Å². The fourth-order valence-electron chi connectivity index (χ4n) is 2.15. The molecule has 3 heterocycles. The number of methoxy groups -OCH3 is 1. The van der Waals surface area contributed by atoms with Crippen LogP contribution >= 0.6 is 25.4 Å². The van der Waals surface area contributed by atoms with E-state index in [0.29, 0.717) is 11.6 Å². The van der Waals surface area contributed by atoms with Gasteiger partial charge in [0, 0.05) is 36.6 Å². The van der Waals surface area contributed by atoms with Crippen molar-refractivity contribution in [1.29, 1.82) is 0 Å². The van der Waals surface area contributed by atoms with Crippen molar-refractivity contribution in [1.82, 2.24) is 19.7 Å². The second-order valence-corrected chi connectivity index (χ2v) is 5.73. The average molecular weight is 363 g/mol. The maximum absolute atomic E-state index is 11.3. The van der Waals surface area contributed by atoms with Crippen LogP contribution in [0.2, 0.25) is 0 Å². The zero-order valence-electron chi connectivity index (χ0n) is 13.4. The number of nitrogens with one attached hydrogen (secondary N) is 1. The van der Waals surface area contributed by atoms with Gasteiger partial charge < -0.3 is 9.46 Å². The fraction of sp³-hybridized carbons (Fsp3) is 0.200. The summed E-state index contributed by atoms with van der Waals surface area (Å²) in [5, 5.41) is 5.16. The van der Waals surface area contributed by atoms with Gasteiger partial charge in [0.25, 0.3) is 0 Å². The highest BCUT2D eigenvalue weighted by atomic mass is 32.2. The molecule has 0 atom stereocenters. The molecule has 0 aliphatic rings. The van der Waals surface area contributed by atoms with Crippen LogP contribution in [-0.2, 0) is 7.05 Å². The van der Waals surface area contributed by atoms with Crippen LogP contribution in [0.15, 0.2) is 35.6 Å². The molecule has 3 aromatic rings. The molecule has 24 heavy (non-hydrogen) atoms. The van der Waals surface area contributed by atoms with Gasteiger partial charge in [-0.1, -0.05) is 0 Å². The minimum absolute atomic E-state index is 0. The normalized spacial score (nSPS) is 10.3. The lowest BCUT2D eigenvalue weighted by Gasteiger charge is -2.11. The Hall–Kier alpha value is -2.26. The highest BCUT2D eigenvalue weighted by molar-refractivity contribution is 8.00. The number of Topliss-reactive ketones (excluding diaryl/α,β-unsaturated/α-hetero) is 1. The van der Waals surface area contributed by atoms with E-state index < -0.39 is 0 Å². The van der Waals surface area contributed by atoms with Gasteiger partial charge in [0.2, 0.25) is 5.88 Å². The van der Waals surface area contributed by atoms with Gasteiger partial charge >= 0.3 is 0 Å². The van der Waals surface area contributed by atoms with Gasteiger partial charge in [0.05, 0.1) is 18.8 Å². The predicted octanol–water partition coefficient (Wildman–Crippen LogP) is 2.81. The van der Waals surface area contributed by atoms with E-state index >= 15 is 0 Å². The molecule has 0 fully saturated rings. The number of carbonyl (C=O) groups is 1. The first-order chi connectivity index (χ1) is 11.1. The fourth-order valence-corrected chi connectivity index (χ4v) is 2.80. The molecule has 0 aromatic carbocycles. The number of fused-ring (bicyclic) bond motifs is 1. The molecular weight excluding hydrogens is 346 g/mol. The lowest BCUT2D eigenvalue weighted by molar-refractivity contribution is 0.101. The Morgan fingerprint density at radius 2 is 2.04 bits per heavy atom. The van der Waals surface area contributed by atoms with E-state index in [0.717, 1.165) is 21.5 Å². The van der Waals surface area contributed by atoms with Crippen molar-refractivity contribution < 1.29 is 9.53 Å². The van der Waals surface area contributed by atoms with E-state index in [2.05, 4.69) is 19.8 Å². The topological polar surface area (TPSA) is 81.9 Å². The third kappa shape index (κ3) is 3.46. The van der Waals surface area contributed by atoms with Crippen LogP contribution in [0.25, 0.3) is 10.9 Å². The molecule has 0 spiro atoms. The highest BCUT2D eigenvalue weighted by Crippen LogP contribution is 2.34. The summed E-state index contributed by atoms with van der Waals surface area (Å²) in [6.07, 6.45) is 5.12. The van der Waals surface area contributed by atoms with E-state index in [4.69, 9.17) is 4.74 Å². The Balaban J connectivity index is 0.00000208. The van der Waals surface area contributed by atoms with Crippen molar-refractivity contribution in [2.75, 3.05) is 11.8 Å². The van der Waals surface area contributed by atoms with E-state index in [9.17, 15) is 4.79 Å². The molecule has 0 radical (unpaired) electrons. The number of ketones is 1. The van der Waals surface area contributed by atoms with Crippen molar-refractivity contribution in [3.05, 3.63) is 36.4 Å². The quantitative estimate of drug-likeness (QED) is 0.551. The molecule has 0 aliphatic heterocycles.